The third kappa shape index (κ3) is 5.37. The largest absolute Gasteiger partial charge is 0.351 e. The molecule has 2 heterocycles. The van der Waals surface area contributed by atoms with Crippen LogP contribution < -0.4 is 10.2 Å². The van der Waals surface area contributed by atoms with Crippen LogP contribution in [0, 0.1) is 0 Å². The van der Waals surface area contributed by atoms with Crippen LogP contribution >= 0.6 is 0 Å². The Kier molecular flexibility index (Phi) is 7.36. The minimum atomic E-state index is -4.99. The van der Waals surface area contributed by atoms with Gasteiger partial charge < -0.3 is 10.2 Å². The second-order valence-corrected chi connectivity index (χ2v) is 10.8. The van der Waals surface area contributed by atoms with E-state index in [1.54, 1.807) is 18.5 Å². The van der Waals surface area contributed by atoms with Gasteiger partial charge in [-0.2, -0.15) is 13.1 Å². The summed E-state index contributed by atoms with van der Waals surface area (Å²) in [5.41, 5.74) is -0.471. The van der Waals surface area contributed by atoms with E-state index >= 15 is 0 Å². The second kappa shape index (κ2) is 9.83. The zero-order valence-corrected chi connectivity index (χ0v) is 18.4. The van der Waals surface area contributed by atoms with E-state index in [1.807, 2.05) is 4.90 Å². The lowest BCUT2D eigenvalue weighted by atomic mass is 10.2. The van der Waals surface area contributed by atoms with Gasteiger partial charge in [-0.15, -0.1) is 0 Å². The molecule has 14 heteroatoms. The third-order valence-corrected chi connectivity index (χ3v) is 8.10. The molecular formula is C18H21F2N5O5S2. The van der Waals surface area contributed by atoms with Crippen molar-refractivity contribution in [2.45, 2.75) is 10.7 Å². The van der Waals surface area contributed by atoms with Crippen molar-refractivity contribution in [3.63, 3.8) is 0 Å². The van der Waals surface area contributed by atoms with Gasteiger partial charge in [-0.05, 0) is 18.2 Å². The van der Waals surface area contributed by atoms with Gasteiger partial charge in [-0.3, -0.25) is 4.79 Å². The molecule has 32 heavy (non-hydrogen) atoms. The highest BCUT2D eigenvalue weighted by Gasteiger charge is 2.31. The number of aromatic nitrogens is 2. The maximum atomic E-state index is 12.9. The summed E-state index contributed by atoms with van der Waals surface area (Å²) in [5.74, 6) is -4.55. The molecule has 0 aliphatic carbocycles. The van der Waals surface area contributed by atoms with Gasteiger partial charge in [0.15, 0.2) is 0 Å². The Morgan fingerprint density at radius 2 is 1.62 bits per heavy atom. The Labute approximate surface area is 184 Å². The maximum Gasteiger partial charge on any atom is 0.341 e. The first-order valence-corrected chi connectivity index (χ1v) is 12.7. The third-order valence-electron chi connectivity index (χ3n) is 4.79. The molecular weight excluding hydrogens is 468 g/mol. The summed E-state index contributed by atoms with van der Waals surface area (Å²) in [4.78, 5) is 21.7. The Morgan fingerprint density at radius 1 is 1.00 bits per heavy atom. The lowest BCUT2D eigenvalue weighted by Crippen LogP contribution is -2.50. The predicted octanol–water partition coefficient (Wildman–Crippen LogP) is 0.355. The van der Waals surface area contributed by atoms with E-state index in [0.717, 1.165) is 12.1 Å². The lowest BCUT2D eigenvalue weighted by Gasteiger charge is -2.33. The van der Waals surface area contributed by atoms with Crippen molar-refractivity contribution in [3.05, 3.63) is 48.3 Å². The van der Waals surface area contributed by atoms with E-state index < -0.39 is 47.7 Å². The first-order valence-electron chi connectivity index (χ1n) is 9.52. The second-order valence-electron chi connectivity index (χ2n) is 6.81. The molecule has 1 saturated heterocycles. The Hall–Kier alpha value is -2.71. The van der Waals surface area contributed by atoms with Crippen LogP contribution in [0.5, 0.6) is 0 Å². The summed E-state index contributed by atoms with van der Waals surface area (Å²) in [6.07, 6.45) is 3.19. The number of alkyl halides is 2. The number of hydrogen-bond donors (Lipinski definition) is 1. The summed E-state index contributed by atoms with van der Waals surface area (Å²) < 4.78 is 75.8. The Morgan fingerprint density at radius 3 is 2.25 bits per heavy atom. The molecule has 2 aromatic rings. The monoisotopic (exact) mass is 489 g/mol. The smallest absolute Gasteiger partial charge is 0.341 e. The fourth-order valence-corrected chi connectivity index (χ4v) is 5.40. The van der Waals surface area contributed by atoms with Crippen molar-refractivity contribution >= 4 is 31.7 Å². The molecule has 0 unspecified atom stereocenters. The molecule has 1 N–H and O–H groups in total. The molecule has 0 bridgehead atoms. The molecule has 1 aromatic heterocycles. The van der Waals surface area contributed by atoms with Gasteiger partial charge in [0, 0.05) is 45.1 Å². The number of carbonyl (C=O) groups excluding carboxylic acids is 1. The average Bonchev–Trinajstić information content (AvgIpc) is 2.79. The van der Waals surface area contributed by atoms with Gasteiger partial charge in [-0.1, -0.05) is 12.1 Å². The zero-order chi connectivity index (χ0) is 23.4. The number of amides is 1. The average molecular weight is 490 g/mol. The number of hydrogen-bond acceptors (Lipinski definition) is 8. The molecule has 1 aliphatic rings. The molecule has 0 spiro atoms. The number of nitrogens with zero attached hydrogens (tertiary/aromatic N) is 4. The zero-order valence-electron chi connectivity index (χ0n) is 16.8. The van der Waals surface area contributed by atoms with E-state index in [0.29, 0.717) is 19.0 Å². The summed E-state index contributed by atoms with van der Waals surface area (Å²) >= 11 is 0. The standard InChI is InChI=1S/C18H21F2N5O5S2/c19-17(20)32(29,30)15-5-2-1-4-14(15)16(26)21-8-13-31(27,28)25-11-9-24(10-12-25)18-22-6-3-7-23-18/h1-7,17H,8-13H2,(H,21,26). The number of sulfonamides is 1. The molecule has 1 fully saturated rings. The summed E-state index contributed by atoms with van der Waals surface area (Å²) in [7, 11) is -8.69. The number of anilines is 1. The lowest BCUT2D eigenvalue weighted by molar-refractivity contribution is 0.0952. The topological polar surface area (TPSA) is 130 Å². The fraction of sp³-hybridized carbons (Fsp3) is 0.389. The van der Waals surface area contributed by atoms with Crippen LogP contribution in [0.1, 0.15) is 10.4 Å². The van der Waals surface area contributed by atoms with E-state index in [1.165, 1.54) is 16.4 Å². The summed E-state index contributed by atoms with van der Waals surface area (Å²) in [6.45, 7) is 0.906. The van der Waals surface area contributed by atoms with Crippen molar-refractivity contribution in [1.82, 2.24) is 19.6 Å². The van der Waals surface area contributed by atoms with Crippen LogP contribution in [0.2, 0.25) is 0 Å². The number of nitrogens with one attached hydrogen (secondary N) is 1. The van der Waals surface area contributed by atoms with Gasteiger partial charge in [-0.25, -0.2) is 26.8 Å². The van der Waals surface area contributed by atoms with E-state index in [-0.39, 0.29) is 19.6 Å². The number of carbonyl (C=O) groups is 1. The van der Waals surface area contributed by atoms with Gasteiger partial charge in [0.2, 0.25) is 25.8 Å². The molecule has 1 amide bonds. The Balaban J connectivity index is 1.57. The van der Waals surface area contributed by atoms with Gasteiger partial charge >= 0.3 is 5.76 Å². The first-order chi connectivity index (χ1) is 15.1. The molecule has 3 rings (SSSR count). The molecule has 0 saturated carbocycles. The van der Waals surface area contributed by atoms with E-state index in [4.69, 9.17) is 0 Å². The molecule has 0 atom stereocenters. The Bertz CT molecular complexity index is 1160. The van der Waals surface area contributed by atoms with Crippen LogP contribution in [0.3, 0.4) is 0 Å². The normalized spacial score (nSPS) is 15.7. The highest BCUT2D eigenvalue weighted by atomic mass is 32.2. The highest BCUT2D eigenvalue weighted by molar-refractivity contribution is 7.91. The van der Waals surface area contributed by atoms with Gasteiger partial charge in [0.1, 0.15) is 0 Å². The van der Waals surface area contributed by atoms with Crippen molar-refractivity contribution in [2.24, 2.45) is 0 Å². The highest BCUT2D eigenvalue weighted by Crippen LogP contribution is 2.22. The molecule has 0 radical (unpaired) electrons. The first kappa shape index (κ1) is 23.9. The number of halogens is 2. The van der Waals surface area contributed by atoms with Crippen LogP contribution in [0.15, 0.2) is 47.6 Å². The predicted molar refractivity (Wildman–Crippen MR) is 112 cm³/mol. The van der Waals surface area contributed by atoms with Crippen LogP contribution in [0.4, 0.5) is 14.7 Å². The summed E-state index contributed by atoms with van der Waals surface area (Å²) in [6, 6.07) is 6.22. The fourth-order valence-electron chi connectivity index (χ4n) is 3.14. The molecule has 1 aliphatic heterocycles. The minimum Gasteiger partial charge on any atom is -0.351 e. The molecule has 174 valence electrons. The van der Waals surface area contributed by atoms with Gasteiger partial charge in [0.25, 0.3) is 5.91 Å². The van der Waals surface area contributed by atoms with E-state index in [9.17, 15) is 30.4 Å². The number of rotatable bonds is 8. The van der Waals surface area contributed by atoms with Gasteiger partial charge in [0.05, 0.1) is 16.2 Å². The van der Waals surface area contributed by atoms with E-state index in [2.05, 4.69) is 15.3 Å². The minimum absolute atomic E-state index is 0.212. The number of piperazine rings is 1. The summed E-state index contributed by atoms with van der Waals surface area (Å²) in [5, 5.41) is 2.30. The number of benzene rings is 1. The molecule has 10 nitrogen and oxygen atoms in total. The van der Waals surface area contributed by atoms with Crippen molar-refractivity contribution < 1.29 is 30.4 Å². The SMILES string of the molecule is O=C(NCCS(=O)(=O)N1CCN(c2ncccn2)CC1)c1ccccc1S(=O)(=O)C(F)F. The van der Waals surface area contributed by atoms with Crippen LogP contribution in [-0.4, -0.2) is 81.3 Å². The van der Waals surface area contributed by atoms with Crippen molar-refractivity contribution in [1.29, 1.82) is 0 Å². The van der Waals surface area contributed by atoms with Crippen LogP contribution in [-0.2, 0) is 19.9 Å². The van der Waals surface area contributed by atoms with Crippen LogP contribution in [0.25, 0.3) is 0 Å². The maximum absolute atomic E-state index is 12.9. The van der Waals surface area contributed by atoms with Crippen molar-refractivity contribution in [2.75, 3.05) is 43.4 Å². The van der Waals surface area contributed by atoms with Crippen molar-refractivity contribution in [3.8, 4) is 0 Å². The number of sulfone groups is 1. The quantitative estimate of drug-likeness (QED) is 0.563. The molecule has 1 aromatic carbocycles.